The van der Waals surface area contributed by atoms with Crippen molar-refractivity contribution in [3.8, 4) is 0 Å². The predicted molar refractivity (Wildman–Crippen MR) is 133 cm³/mol. The van der Waals surface area contributed by atoms with Crippen LogP contribution in [0.1, 0.15) is 31.9 Å². The molecule has 1 N–H and O–H groups in total. The molecule has 0 radical (unpaired) electrons. The standard InChI is InChI=1S/C25H35N3O4S/c1-19(2)17-26-25(30)21(4)27(15-14-22-11-7-6-8-12-22)24(29)18-28(33(5,31)32)23-13-9-10-20(3)16-23/h6-13,16,19,21H,14-15,17-18H2,1-5H3,(H,26,30). The molecule has 0 saturated heterocycles. The molecule has 0 aliphatic rings. The first-order valence-corrected chi connectivity index (χ1v) is 13.0. The molecule has 0 saturated carbocycles. The maximum Gasteiger partial charge on any atom is 0.244 e. The van der Waals surface area contributed by atoms with Gasteiger partial charge in [-0.3, -0.25) is 13.9 Å². The van der Waals surface area contributed by atoms with E-state index < -0.39 is 22.0 Å². The number of hydrogen-bond acceptors (Lipinski definition) is 4. The Kier molecular flexibility index (Phi) is 9.46. The van der Waals surface area contributed by atoms with Gasteiger partial charge in [-0.1, -0.05) is 56.3 Å². The van der Waals surface area contributed by atoms with Gasteiger partial charge >= 0.3 is 0 Å². The minimum atomic E-state index is -3.71. The number of anilines is 1. The SMILES string of the molecule is Cc1cccc(N(CC(=O)N(CCc2ccccc2)C(C)C(=O)NCC(C)C)S(C)(=O)=O)c1. The van der Waals surface area contributed by atoms with E-state index in [0.717, 1.165) is 21.7 Å². The molecule has 0 heterocycles. The van der Waals surface area contributed by atoms with Gasteiger partial charge in [0.2, 0.25) is 21.8 Å². The van der Waals surface area contributed by atoms with Crippen molar-refractivity contribution in [3.05, 3.63) is 65.7 Å². The number of carbonyl (C=O) groups is 2. The molecule has 0 bridgehead atoms. The van der Waals surface area contributed by atoms with Crippen LogP contribution in [0.3, 0.4) is 0 Å². The number of amides is 2. The molecule has 2 amide bonds. The summed E-state index contributed by atoms with van der Waals surface area (Å²) in [7, 11) is -3.71. The molecular formula is C25H35N3O4S. The number of nitrogens with zero attached hydrogens (tertiary/aromatic N) is 2. The number of sulfonamides is 1. The molecule has 1 atom stereocenters. The lowest BCUT2D eigenvalue weighted by Gasteiger charge is -2.31. The summed E-state index contributed by atoms with van der Waals surface area (Å²) < 4.78 is 26.2. The van der Waals surface area contributed by atoms with E-state index in [1.54, 1.807) is 25.1 Å². The van der Waals surface area contributed by atoms with E-state index in [4.69, 9.17) is 0 Å². The summed E-state index contributed by atoms with van der Waals surface area (Å²) in [6.07, 6.45) is 1.63. The Morgan fingerprint density at radius 1 is 1.00 bits per heavy atom. The summed E-state index contributed by atoms with van der Waals surface area (Å²) in [6, 6.07) is 15.9. The minimum absolute atomic E-state index is 0.258. The number of hydrogen-bond donors (Lipinski definition) is 1. The number of rotatable bonds is 11. The molecule has 7 nitrogen and oxygen atoms in total. The summed E-state index contributed by atoms with van der Waals surface area (Å²) in [6.45, 7) is 7.95. The maximum absolute atomic E-state index is 13.4. The van der Waals surface area contributed by atoms with Crippen LogP contribution < -0.4 is 9.62 Å². The second-order valence-corrected chi connectivity index (χ2v) is 10.7. The van der Waals surface area contributed by atoms with Gasteiger partial charge in [0, 0.05) is 13.1 Å². The van der Waals surface area contributed by atoms with E-state index in [1.807, 2.05) is 57.2 Å². The highest BCUT2D eigenvalue weighted by Gasteiger charge is 2.29. The van der Waals surface area contributed by atoms with Gasteiger partial charge in [0.15, 0.2) is 0 Å². The van der Waals surface area contributed by atoms with E-state index in [2.05, 4.69) is 5.32 Å². The molecule has 2 aromatic carbocycles. The summed E-state index contributed by atoms with van der Waals surface area (Å²) in [5, 5.41) is 2.87. The van der Waals surface area contributed by atoms with Crippen LogP contribution >= 0.6 is 0 Å². The van der Waals surface area contributed by atoms with E-state index >= 15 is 0 Å². The third-order valence-corrected chi connectivity index (χ3v) is 6.45. The van der Waals surface area contributed by atoms with E-state index in [9.17, 15) is 18.0 Å². The Bertz CT molecular complexity index is 1040. The largest absolute Gasteiger partial charge is 0.354 e. The highest BCUT2D eigenvalue weighted by molar-refractivity contribution is 7.92. The first-order chi connectivity index (χ1) is 15.5. The van der Waals surface area contributed by atoms with Crippen molar-refractivity contribution in [2.75, 3.05) is 30.2 Å². The van der Waals surface area contributed by atoms with Crippen LogP contribution in [-0.2, 0) is 26.0 Å². The topological polar surface area (TPSA) is 86.8 Å². The average molecular weight is 474 g/mol. The summed E-state index contributed by atoms with van der Waals surface area (Å²) in [5.74, 6) is -0.409. The number of benzene rings is 2. The van der Waals surface area contributed by atoms with Crippen LogP contribution in [0.15, 0.2) is 54.6 Å². The van der Waals surface area contributed by atoms with Crippen molar-refractivity contribution < 1.29 is 18.0 Å². The molecule has 0 aliphatic heterocycles. The summed E-state index contributed by atoms with van der Waals surface area (Å²) >= 11 is 0. The Hall–Kier alpha value is -2.87. The van der Waals surface area contributed by atoms with Gasteiger partial charge in [-0.05, 0) is 49.4 Å². The highest BCUT2D eigenvalue weighted by atomic mass is 32.2. The predicted octanol–water partition coefficient (Wildman–Crippen LogP) is 2.99. The fourth-order valence-electron chi connectivity index (χ4n) is 3.42. The van der Waals surface area contributed by atoms with Crippen LogP contribution in [0.5, 0.6) is 0 Å². The lowest BCUT2D eigenvalue weighted by molar-refractivity contribution is -0.138. The second kappa shape index (κ2) is 11.8. The molecule has 8 heteroatoms. The van der Waals surface area contributed by atoms with Crippen LogP contribution in [0.2, 0.25) is 0 Å². The van der Waals surface area contributed by atoms with Crippen LogP contribution in [-0.4, -0.2) is 57.1 Å². The Balaban J connectivity index is 2.28. The van der Waals surface area contributed by atoms with E-state index in [1.165, 1.54) is 4.90 Å². The minimum Gasteiger partial charge on any atom is -0.354 e. The van der Waals surface area contributed by atoms with Gasteiger partial charge in [-0.2, -0.15) is 0 Å². The van der Waals surface area contributed by atoms with Gasteiger partial charge in [-0.15, -0.1) is 0 Å². The molecule has 0 aromatic heterocycles. The van der Waals surface area contributed by atoms with Crippen molar-refractivity contribution in [1.82, 2.24) is 10.2 Å². The monoisotopic (exact) mass is 473 g/mol. The average Bonchev–Trinajstić information content (AvgIpc) is 2.75. The van der Waals surface area contributed by atoms with Gasteiger partial charge in [0.05, 0.1) is 11.9 Å². The zero-order chi connectivity index (χ0) is 24.6. The van der Waals surface area contributed by atoms with Gasteiger partial charge in [0.1, 0.15) is 12.6 Å². The maximum atomic E-state index is 13.4. The van der Waals surface area contributed by atoms with Gasteiger partial charge < -0.3 is 10.2 Å². The van der Waals surface area contributed by atoms with Crippen molar-refractivity contribution in [2.45, 2.75) is 40.2 Å². The molecule has 2 aromatic rings. The number of nitrogens with one attached hydrogen (secondary N) is 1. The molecule has 0 spiro atoms. The Morgan fingerprint density at radius 2 is 1.67 bits per heavy atom. The fourth-order valence-corrected chi connectivity index (χ4v) is 4.26. The van der Waals surface area contributed by atoms with Gasteiger partial charge in [0.25, 0.3) is 0 Å². The fraction of sp³-hybridized carbons (Fsp3) is 0.440. The first kappa shape index (κ1) is 26.4. The Labute approximate surface area is 197 Å². The van der Waals surface area contributed by atoms with Crippen LogP contribution in [0.4, 0.5) is 5.69 Å². The smallest absolute Gasteiger partial charge is 0.244 e. The van der Waals surface area contributed by atoms with Crippen molar-refractivity contribution in [3.63, 3.8) is 0 Å². The van der Waals surface area contributed by atoms with Crippen molar-refractivity contribution in [2.24, 2.45) is 5.92 Å². The number of carbonyl (C=O) groups excluding carboxylic acids is 2. The Morgan fingerprint density at radius 3 is 2.24 bits per heavy atom. The van der Waals surface area contributed by atoms with E-state index in [0.29, 0.717) is 25.2 Å². The molecular weight excluding hydrogens is 438 g/mol. The molecule has 2 rings (SSSR count). The zero-order valence-corrected chi connectivity index (χ0v) is 20.9. The lowest BCUT2D eigenvalue weighted by Crippen LogP contribution is -2.52. The first-order valence-electron chi connectivity index (χ1n) is 11.1. The molecule has 180 valence electrons. The molecule has 33 heavy (non-hydrogen) atoms. The molecule has 1 unspecified atom stereocenters. The quantitative estimate of drug-likeness (QED) is 0.544. The third kappa shape index (κ3) is 8.20. The highest BCUT2D eigenvalue weighted by Crippen LogP contribution is 2.19. The van der Waals surface area contributed by atoms with Gasteiger partial charge in [-0.25, -0.2) is 8.42 Å². The lowest BCUT2D eigenvalue weighted by atomic mass is 10.1. The van der Waals surface area contributed by atoms with Crippen LogP contribution in [0, 0.1) is 12.8 Å². The van der Waals surface area contributed by atoms with E-state index in [-0.39, 0.29) is 18.4 Å². The normalized spacial score (nSPS) is 12.3. The zero-order valence-electron chi connectivity index (χ0n) is 20.1. The van der Waals surface area contributed by atoms with Crippen LogP contribution in [0.25, 0.3) is 0 Å². The van der Waals surface area contributed by atoms with Crippen molar-refractivity contribution in [1.29, 1.82) is 0 Å². The number of aryl methyl sites for hydroxylation is 1. The summed E-state index contributed by atoms with van der Waals surface area (Å²) in [5.41, 5.74) is 2.34. The molecule has 0 fully saturated rings. The summed E-state index contributed by atoms with van der Waals surface area (Å²) in [4.78, 5) is 27.6. The van der Waals surface area contributed by atoms with Crippen molar-refractivity contribution >= 4 is 27.5 Å². The molecule has 0 aliphatic carbocycles. The third-order valence-electron chi connectivity index (χ3n) is 5.30. The second-order valence-electron chi connectivity index (χ2n) is 8.75.